The van der Waals surface area contributed by atoms with Crippen LogP contribution >= 0.6 is 0 Å². The van der Waals surface area contributed by atoms with Crippen LogP contribution in [0.25, 0.3) is 0 Å². The van der Waals surface area contributed by atoms with Crippen LogP contribution < -0.4 is 5.73 Å². The molecule has 2 nitrogen and oxygen atoms in total. The molecule has 0 bridgehead atoms. The van der Waals surface area contributed by atoms with Crippen LogP contribution in [-0.2, 0) is 10.8 Å². The number of hydrogen-bond acceptors (Lipinski definition) is 2. The smallest absolute Gasteiger partial charge is 0.144 e. The molecule has 0 amide bonds. The highest BCUT2D eigenvalue weighted by Gasteiger charge is 2.31. The third-order valence-electron chi connectivity index (χ3n) is 3.66. The lowest BCUT2D eigenvalue weighted by atomic mass is 9.83. The van der Waals surface area contributed by atoms with Gasteiger partial charge in [0, 0.05) is 10.9 Å². The number of rotatable bonds is 2. The minimum atomic E-state index is -1.65. The van der Waals surface area contributed by atoms with Gasteiger partial charge in [-0.05, 0) is 43.2 Å². The summed E-state index contributed by atoms with van der Waals surface area (Å²) in [5.74, 6) is -0.723. The molecule has 1 aromatic carbocycles. The zero-order valence-electron chi connectivity index (χ0n) is 11.2. The van der Waals surface area contributed by atoms with Crippen LogP contribution in [0.4, 0.5) is 14.5 Å². The molecular formula is C14H19F2NOS. The van der Waals surface area contributed by atoms with E-state index in [-0.39, 0.29) is 15.8 Å². The Hall–Kier alpha value is -0.970. The molecule has 0 aliphatic heterocycles. The average Bonchev–Trinajstić information content (AvgIpc) is 2.25. The topological polar surface area (TPSA) is 43.1 Å². The van der Waals surface area contributed by atoms with Crippen LogP contribution in [0.15, 0.2) is 17.0 Å². The van der Waals surface area contributed by atoms with Crippen LogP contribution in [0.3, 0.4) is 0 Å². The van der Waals surface area contributed by atoms with E-state index in [4.69, 9.17) is 5.73 Å². The van der Waals surface area contributed by atoms with Gasteiger partial charge in [0.25, 0.3) is 0 Å². The normalized spacial score (nSPS) is 29.2. The molecule has 0 aromatic heterocycles. The number of nitrogens with two attached hydrogens (primary N) is 1. The maximum absolute atomic E-state index is 13.8. The van der Waals surface area contributed by atoms with Gasteiger partial charge in [-0.1, -0.05) is 13.8 Å². The molecule has 3 unspecified atom stereocenters. The number of anilines is 1. The van der Waals surface area contributed by atoms with Gasteiger partial charge in [0.05, 0.1) is 10.8 Å². The highest BCUT2D eigenvalue weighted by Crippen LogP contribution is 2.34. The van der Waals surface area contributed by atoms with E-state index in [1.165, 1.54) is 0 Å². The summed E-state index contributed by atoms with van der Waals surface area (Å²) in [5.41, 5.74) is 5.39. The van der Waals surface area contributed by atoms with E-state index >= 15 is 0 Å². The van der Waals surface area contributed by atoms with Gasteiger partial charge < -0.3 is 5.73 Å². The largest absolute Gasteiger partial charge is 0.399 e. The van der Waals surface area contributed by atoms with E-state index in [9.17, 15) is 13.0 Å². The first-order valence-electron chi connectivity index (χ1n) is 6.53. The third kappa shape index (κ3) is 3.14. The van der Waals surface area contributed by atoms with Crippen LogP contribution in [0.5, 0.6) is 0 Å². The highest BCUT2D eigenvalue weighted by atomic mass is 32.2. The van der Waals surface area contributed by atoms with Crippen LogP contribution in [0, 0.1) is 23.5 Å². The molecule has 0 saturated heterocycles. The lowest BCUT2D eigenvalue weighted by Crippen LogP contribution is -2.28. The molecule has 0 spiro atoms. The maximum Gasteiger partial charge on any atom is 0.144 e. The van der Waals surface area contributed by atoms with E-state index < -0.39 is 22.4 Å². The van der Waals surface area contributed by atoms with Gasteiger partial charge >= 0.3 is 0 Å². The Balaban J connectivity index is 2.29. The second kappa shape index (κ2) is 5.57. The van der Waals surface area contributed by atoms with Crippen molar-refractivity contribution in [2.75, 3.05) is 5.73 Å². The molecule has 1 saturated carbocycles. The van der Waals surface area contributed by atoms with Crippen molar-refractivity contribution < 1.29 is 13.0 Å². The Labute approximate surface area is 114 Å². The predicted octanol–water partition coefficient (Wildman–Crippen LogP) is 3.48. The number of benzene rings is 1. The van der Waals surface area contributed by atoms with E-state index in [0.29, 0.717) is 11.8 Å². The van der Waals surface area contributed by atoms with Gasteiger partial charge in [-0.25, -0.2) is 8.78 Å². The van der Waals surface area contributed by atoms with Crippen molar-refractivity contribution in [1.82, 2.24) is 0 Å². The van der Waals surface area contributed by atoms with Crippen LogP contribution in [-0.4, -0.2) is 9.46 Å². The van der Waals surface area contributed by atoms with Gasteiger partial charge in [0.2, 0.25) is 0 Å². The van der Waals surface area contributed by atoms with Gasteiger partial charge in [0.1, 0.15) is 16.5 Å². The Morgan fingerprint density at radius 1 is 1.11 bits per heavy atom. The van der Waals surface area contributed by atoms with Crippen molar-refractivity contribution in [3.05, 3.63) is 23.8 Å². The SMILES string of the molecule is CC1CC(C)CC(S(=O)c2c(F)cc(N)cc2F)C1. The number of nitrogen functional groups attached to an aromatic ring is 1. The average molecular weight is 287 g/mol. The monoisotopic (exact) mass is 287 g/mol. The molecule has 19 heavy (non-hydrogen) atoms. The molecule has 3 atom stereocenters. The summed E-state index contributed by atoms with van der Waals surface area (Å²) in [5, 5.41) is -0.175. The van der Waals surface area contributed by atoms with E-state index in [2.05, 4.69) is 13.8 Å². The molecule has 106 valence electrons. The molecule has 1 aliphatic carbocycles. The molecule has 1 aromatic rings. The first-order valence-corrected chi connectivity index (χ1v) is 7.75. The summed E-state index contributed by atoms with van der Waals surface area (Å²) in [6.45, 7) is 4.19. The van der Waals surface area contributed by atoms with E-state index in [1.807, 2.05) is 0 Å². The highest BCUT2D eigenvalue weighted by molar-refractivity contribution is 7.85. The molecule has 2 N–H and O–H groups in total. The Bertz CT molecular complexity index is 473. The summed E-state index contributed by atoms with van der Waals surface area (Å²) < 4.78 is 40.0. The fraction of sp³-hybridized carbons (Fsp3) is 0.571. The Kier molecular flexibility index (Phi) is 4.23. The molecule has 5 heteroatoms. The second-order valence-corrected chi connectivity index (χ2v) is 7.32. The van der Waals surface area contributed by atoms with Gasteiger partial charge in [-0.15, -0.1) is 0 Å². The Morgan fingerprint density at radius 3 is 2.05 bits per heavy atom. The van der Waals surface area contributed by atoms with Crippen molar-refractivity contribution in [3.63, 3.8) is 0 Å². The number of halogens is 2. The third-order valence-corrected chi connectivity index (χ3v) is 5.44. The van der Waals surface area contributed by atoms with Crippen molar-refractivity contribution >= 4 is 16.5 Å². The minimum absolute atomic E-state index is 0.0149. The molecule has 1 aliphatic rings. The zero-order chi connectivity index (χ0) is 14.2. The zero-order valence-corrected chi connectivity index (χ0v) is 12.0. The van der Waals surface area contributed by atoms with Gasteiger partial charge in [0.15, 0.2) is 0 Å². The standard InChI is InChI=1S/C14H19F2NOS/c1-8-3-9(2)5-11(4-8)19(18)14-12(15)6-10(17)7-13(14)16/h6-9,11H,3-5,17H2,1-2H3. The summed E-state index contributed by atoms with van der Waals surface area (Å²) in [7, 11) is -1.65. The minimum Gasteiger partial charge on any atom is -0.399 e. The Morgan fingerprint density at radius 2 is 1.58 bits per heavy atom. The fourth-order valence-corrected chi connectivity index (χ4v) is 4.83. The molecule has 2 rings (SSSR count). The van der Waals surface area contributed by atoms with Crippen molar-refractivity contribution in [3.8, 4) is 0 Å². The predicted molar refractivity (Wildman–Crippen MR) is 73.1 cm³/mol. The first-order chi connectivity index (χ1) is 8.88. The summed E-state index contributed by atoms with van der Waals surface area (Å²) in [6, 6.07) is 2.07. The van der Waals surface area contributed by atoms with Crippen molar-refractivity contribution in [1.29, 1.82) is 0 Å². The first kappa shape index (κ1) is 14.4. The quantitative estimate of drug-likeness (QED) is 0.846. The van der Waals surface area contributed by atoms with Gasteiger partial charge in [-0.3, -0.25) is 4.21 Å². The van der Waals surface area contributed by atoms with Crippen LogP contribution in [0.1, 0.15) is 33.1 Å². The van der Waals surface area contributed by atoms with Gasteiger partial charge in [-0.2, -0.15) is 0 Å². The fourth-order valence-electron chi connectivity index (χ4n) is 2.99. The summed E-state index contributed by atoms with van der Waals surface area (Å²) in [6.07, 6.45) is 2.58. The number of hydrogen-bond donors (Lipinski definition) is 1. The van der Waals surface area contributed by atoms with E-state index in [0.717, 1.165) is 31.4 Å². The lowest BCUT2D eigenvalue weighted by Gasteiger charge is -2.30. The summed E-state index contributed by atoms with van der Waals surface area (Å²) >= 11 is 0. The second-order valence-electron chi connectivity index (χ2n) is 5.65. The van der Waals surface area contributed by atoms with Crippen molar-refractivity contribution in [2.24, 2.45) is 11.8 Å². The maximum atomic E-state index is 13.8. The molecule has 1 fully saturated rings. The van der Waals surface area contributed by atoms with E-state index in [1.54, 1.807) is 0 Å². The van der Waals surface area contributed by atoms with Crippen LogP contribution in [0.2, 0.25) is 0 Å². The molecule has 0 heterocycles. The lowest BCUT2D eigenvalue weighted by molar-refractivity contribution is 0.305. The molecular weight excluding hydrogens is 268 g/mol. The molecule has 0 radical (unpaired) electrons. The summed E-state index contributed by atoms with van der Waals surface area (Å²) in [4.78, 5) is -0.319. The van der Waals surface area contributed by atoms with Crippen molar-refractivity contribution in [2.45, 2.75) is 43.3 Å².